The molecule has 1 fully saturated rings. The first-order valence-corrected chi connectivity index (χ1v) is 7.60. The number of thioether (sulfide) groups is 1. The lowest BCUT2D eigenvalue weighted by atomic mass is 9.86. The summed E-state index contributed by atoms with van der Waals surface area (Å²) in [6.45, 7) is 2.19. The predicted molar refractivity (Wildman–Crippen MR) is 74.1 cm³/mol. The lowest BCUT2D eigenvalue weighted by Crippen LogP contribution is -2.41. The van der Waals surface area contributed by atoms with Crippen LogP contribution in [0.3, 0.4) is 0 Å². The molecule has 0 bridgehead atoms. The maximum absolute atomic E-state index is 11.9. The molecule has 6 nitrogen and oxygen atoms in total. The van der Waals surface area contributed by atoms with Crippen LogP contribution in [0.5, 0.6) is 0 Å². The molecule has 106 valence electrons. The van der Waals surface area contributed by atoms with Gasteiger partial charge in [0.15, 0.2) is 5.16 Å². The van der Waals surface area contributed by atoms with Gasteiger partial charge in [0.05, 0.1) is 5.75 Å². The molecular weight excluding hydrogens is 264 g/mol. The van der Waals surface area contributed by atoms with E-state index >= 15 is 0 Å². The molecule has 0 unspecified atom stereocenters. The number of hydrogen-bond acceptors (Lipinski definition) is 4. The van der Waals surface area contributed by atoms with Gasteiger partial charge in [0.2, 0.25) is 5.91 Å². The van der Waals surface area contributed by atoms with E-state index in [2.05, 4.69) is 22.4 Å². The summed E-state index contributed by atoms with van der Waals surface area (Å²) in [7, 11) is 1.63. The number of nitrogens with zero attached hydrogens (tertiary/aromatic N) is 2. The van der Waals surface area contributed by atoms with Gasteiger partial charge >= 0.3 is 5.69 Å². The van der Waals surface area contributed by atoms with Crippen molar-refractivity contribution in [1.29, 1.82) is 0 Å². The normalized spacial score (nSPS) is 23.3. The molecule has 0 radical (unpaired) electrons. The molecule has 0 saturated heterocycles. The second kappa shape index (κ2) is 6.27. The van der Waals surface area contributed by atoms with Crippen LogP contribution in [0.2, 0.25) is 0 Å². The fraction of sp³-hybridized carbons (Fsp3) is 0.750. The van der Waals surface area contributed by atoms with Crippen molar-refractivity contribution in [1.82, 2.24) is 20.1 Å². The summed E-state index contributed by atoms with van der Waals surface area (Å²) in [5.74, 6) is 0.859. The Kier molecular flexibility index (Phi) is 4.68. The van der Waals surface area contributed by atoms with Crippen LogP contribution < -0.4 is 11.0 Å². The SMILES string of the molecule is C[C@@H]1CCCC[C@@H]1NC(=O)CSc1n[nH]c(=O)n1C. The van der Waals surface area contributed by atoms with Crippen LogP contribution in [-0.2, 0) is 11.8 Å². The molecule has 2 N–H and O–H groups in total. The van der Waals surface area contributed by atoms with Crippen LogP contribution in [0, 0.1) is 5.92 Å². The zero-order valence-corrected chi connectivity index (χ0v) is 12.1. The van der Waals surface area contributed by atoms with Crippen molar-refractivity contribution in [2.75, 3.05) is 5.75 Å². The Balaban J connectivity index is 1.81. The fourth-order valence-corrected chi connectivity index (χ4v) is 3.10. The molecular formula is C12H20N4O2S. The van der Waals surface area contributed by atoms with Crippen molar-refractivity contribution < 1.29 is 4.79 Å². The van der Waals surface area contributed by atoms with Crippen molar-refractivity contribution in [2.24, 2.45) is 13.0 Å². The first-order chi connectivity index (χ1) is 9.08. The van der Waals surface area contributed by atoms with Crippen LogP contribution in [0.4, 0.5) is 0 Å². The Morgan fingerprint density at radius 1 is 1.53 bits per heavy atom. The van der Waals surface area contributed by atoms with E-state index in [4.69, 9.17) is 0 Å². The number of H-pyrrole nitrogens is 1. The molecule has 1 saturated carbocycles. The van der Waals surface area contributed by atoms with Crippen LogP contribution in [0.1, 0.15) is 32.6 Å². The molecule has 1 aliphatic carbocycles. The summed E-state index contributed by atoms with van der Waals surface area (Å²) >= 11 is 1.27. The molecule has 1 aliphatic rings. The Bertz CT molecular complexity index is 496. The summed E-state index contributed by atoms with van der Waals surface area (Å²) < 4.78 is 1.40. The quantitative estimate of drug-likeness (QED) is 0.805. The minimum absolute atomic E-state index is 0.0131. The van der Waals surface area contributed by atoms with Gasteiger partial charge in [-0.05, 0) is 18.8 Å². The Hall–Kier alpha value is -1.24. The number of aromatic amines is 1. The van der Waals surface area contributed by atoms with E-state index in [1.807, 2.05) is 0 Å². The topological polar surface area (TPSA) is 79.8 Å². The lowest BCUT2D eigenvalue weighted by Gasteiger charge is -2.29. The van der Waals surface area contributed by atoms with Crippen LogP contribution in [-0.4, -0.2) is 32.5 Å². The van der Waals surface area contributed by atoms with Gasteiger partial charge in [-0.2, -0.15) is 0 Å². The summed E-state index contributed by atoms with van der Waals surface area (Å²) in [6, 6.07) is 0.296. The molecule has 2 rings (SSSR count). The molecule has 1 heterocycles. The van der Waals surface area contributed by atoms with Crippen molar-refractivity contribution in [3.63, 3.8) is 0 Å². The molecule has 19 heavy (non-hydrogen) atoms. The van der Waals surface area contributed by atoms with Gasteiger partial charge in [0.25, 0.3) is 0 Å². The van der Waals surface area contributed by atoms with E-state index in [1.165, 1.54) is 35.6 Å². The van der Waals surface area contributed by atoms with Gasteiger partial charge in [-0.3, -0.25) is 9.36 Å². The average molecular weight is 284 g/mol. The highest BCUT2D eigenvalue weighted by Crippen LogP contribution is 2.23. The summed E-state index contributed by atoms with van der Waals surface area (Å²) in [4.78, 5) is 23.1. The third-order valence-electron chi connectivity index (χ3n) is 3.63. The number of carbonyl (C=O) groups is 1. The van der Waals surface area contributed by atoms with E-state index < -0.39 is 0 Å². The fourth-order valence-electron chi connectivity index (χ4n) is 2.37. The number of hydrogen-bond donors (Lipinski definition) is 2. The van der Waals surface area contributed by atoms with Crippen LogP contribution >= 0.6 is 11.8 Å². The second-order valence-electron chi connectivity index (χ2n) is 5.09. The Labute approximate surface area is 116 Å². The van der Waals surface area contributed by atoms with E-state index in [9.17, 15) is 9.59 Å². The first kappa shape index (κ1) is 14.2. The first-order valence-electron chi connectivity index (χ1n) is 6.61. The molecule has 0 aliphatic heterocycles. The molecule has 1 aromatic rings. The van der Waals surface area contributed by atoms with E-state index in [1.54, 1.807) is 7.05 Å². The number of carbonyl (C=O) groups excluding carboxylic acids is 1. The standard InChI is InChI=1S/C12H20N4O2S/c1-8-5-3-4-6-9(8)13-10(17)7-19-12-15-14-11(18)16(12)2/h8-9H,3-7H2,1-2H3,(H,13,17)(H,14,18)/t8-,9+/m1/s1. The van der Waals surface area contributed by atoms with Crippen LogP contribution in [0.25, 0.3) is 0 Å². The molecule has 7 heteroatoms. The smallest absolute Gasteiger partial charge is 0.343 e. The second-order valence-corrected chi connectivity index (χ2v) is 6.04. The number of amides is 1. The maximum atomic E-state index is 11.9. The largest absolute Gasteiger partial charge is 0.352 e. The highest BCUT2D eigenvalue weighted by molar-refractivity contribution is 7.99. The maximum Gasteiger partial charge on any atom is 0.343 e. The van der Waals surface area contributed by atoms with Gasteiger partial charge in [-0.1, -0.05) is 31.5 Å². The van der Waals surface area contributed by atoms with E-state index in [0.717, 1.165) is 6.42 Å². The van der Waals surface area contributed by atoms with Gasteiger partial charge in [-0.25, -0.2) is 9.89 Å². The van der Waals surface area contributed by atoms with E-state index in [-0.39, 0.29) is 11.6 Å². The Morgan fingerprint density at radius 3 is 2.89 bits per heavy atom. The minimum atomic E-state index is -0.260. The summed E-state index contributed by atoms with van der Waals surface area (Å²) in [5, 5.41) is 9.83. The van der Waals surface area contributed by atoms with Gasteiger partial charge < -0.3 is 5.32 Å². The Morgan fingerprint density at radius 2 is 2.26 bits per heavy atom. The van der Waals surface area contributed by atoms with Crippen molar-refractivity contribution in [3.8, 4) is 0 Å². The molecule has 0 spiro atoms. The summed E-state index contributed by atoms with van der Waals surface area (Å²) in [6.07, 6.45) is 4.71. The molecule has 1 aromatic heterocycles. The van der Waals surface area contributed by atoms with Crippen molar-refractivity contribution in [2.45, 2.75) is 43.8 Å². The van der Waals surface area contributed by atoms with Crippen molar-refractivity contribution >= 4 is 17.7 Å². The number of nitrogens with one attached hydrogen (secondary N) is 2. The number of rotatable bonds is 4. The third kappa shape index (κ3) is 3.62. The van der Waals surface area contributed by atoms with Gasteiger partial charge in [0, 0.05) is 13.1 Å². The van der Waals surface area contributed by atoms with E-state index in [0.29, 0.717) is 22.9 Å². The minimum Gasteiger partial charge on any atom is -0.352 e. The highest BCUT2D eigenvalue weighted by atomic mass is 32.2. The number of aromatic nitrogens is 3. The predicted octanol–water partition coefficient (Wildman–Crippen LogP) is 0.895. The molecule has 2 atom stereocenters. The van der Waals surface area contributed by atoms with Crippen LogP contribution in [0.15, 0.2) is 9.95 Å². The van der Waals surface area contributed by atoms with Crippen molar-refractivity contribution in [3.05, 3.63) is 10.5 Å². The average Bonchev–Trinajstić information content (AvgIpc) is 2.70. The zero-order valence-electron chi connectivity index (χ0n) is 11.3. The monoisotopic (exact) mass is 284 g/mol. The van der Waals surface area contributed by atoms with Gasteiger partial charge in [-0.15, -0.1) is 5.10 Å². The molecule has 0 aromatic carbocycles. The molecule has 1 amide bonds. The zero-order chi connectivity index (χ0) is 13.8. The highest BCUT2D eigenvalue weighted by Gasteiger charge is 2.22. The third-order valence-corrected chi connectivity index (χ3v) is 4.66. The summed E-state index contributed by atoms with van der Waals surface area (Å²) in [5.41, 5.74) is -0.260. The lowest BCUT2D eigenvalue weighted by molar-refractivity contribution is -0.119. The van der Waals surface area contributed by atoms with Gasteiger partial charge in [0.1, 0.15) is 0 Å².